The zero-order chi connectivity index (χ0) is 83.0. The maximum atomic E-state index is 12.8. The number of likely N-dealkylation sites (N-methyl/N-ethyl adjacent to an activating group) is 3. The first-order chi connectivity index (χ1) is 56.0. The molecular formula is C81H102N18O12S6. The summed E-state index contributed by atoms with van der Waals surface area (Å²) in [5, 5.41) is 20.6. The zero-order valence-corrected chi connectivity index (χ0v) is 71.7. The minimum Gasteiger partial charge on any atom is -0.353 e. The van der Waals surface area contributed by atoms with E-state index in [1.165, 1.54) is 35.4 Å². The minimum atomic E-state index is -0.606. The van der Waals surface area contributed by atoms with Crippen LogP contribution in [0.4, 0.5) is 49.1 Å². The van der Waals surface area contributed by atoms with Gasteiger partial charge in [-0.1, -0.05) is 24.3 Å². The number of rotatable bonds is 21. The van der Waals surface area contributed by atoms with E-state index in [2.05, 4.69) is 114 Å². The molecule has 0 spiro atoms. The smallest absolute Gasteiger partial charge is 0.243 e. The molecule has 3 aromatic carbocycles. The highest BCUT2D eigenvalue weighted by molar-refractivity contribution is 8.01. The van der Waals surface area contributed by atoms with Gasteiger partial charge in [-0.25, -0.2) is 15.0 Å². The van der Waals surface area contributed by atoms with Gasteiger partial charge in [0.15, 0.2) is 0 Å². The molecule has 15 rings (SSSR count). The number of thiophene rings is 3. The average molecular weight is 1710 g/mol. The summed E-state index contributed by atoms with van der Waals surface area (Å²) < 4.78 is 0. The SMILES string of the molecule is CC(=O)CSC1CC(=O)N(CC(=O)NCC2CN(C3=Nc4ccccc4Nc4sc(C)cc43)CCN2C)C1=O.CC(=O)CSC1CC(=O)N(CC(=O)NCc2ccc3c(c2)N=C(N2CCN(C)CC2)c2cc(C)sc2N3)C1=O.CC(=O)CSC1CC(=O)N(CC(=O)NCc2ccc3c(c2)N=C(N2CCN(C)CC2)c2cc(C)sc2N3)C1=O.[HH].[HH].[HH]. The van der Waals surface area contributed by atoms with Crippen LogP contribution in [0, 0.1) is 20.8 Å². The number of aliphatic imine (C=N–C) groups is 3. The number of ketones is 3. The molecule has 3 aromatic heterocycles. The van der Waals surface area contributed by atoms with Crippen molar-refractivity contribution in [3.63, 3.8) is 0 Å². The molecule has 624 valence electrons. The molecular weight excluding hydrogens is 1610 g/mol. The van der Waals surface area contributed by atoms with Crippen molar-refractivity contribution < 1.29 is 61.8 Å². The van der Waals surface area contributed by atoms with E-state index in [4.69, 9.17) is 15.0 Å². The molecule has 117 heavy (non-hydrogen) atoms. The number of thioether (sulfide) groups is 3. The molecule has 12 heterocycles. The van der Waals surface area contributed by atoms with E-state index in [1.807, 2.05) is 67.7 Å². The predicted octanol–water partition coefficient (Wildman–Crippen LogP) is 8.12. The number of aryl methyl sites for hydroxylation is 3. The molecule has 30 nitrogen and oxygen atoms in total. The van der Waals surface area contributed by atoms with Crippen LogP contribution in [0.25, 0.3) is 0 Å². The Morgan fingerprint density at radius 2 is 0.795 bits per heavy atom. The molecule has 6 N–H and O–H groups in total. The third-order valence-corrected chi connectivity index (χ3v) is 27.8. The fourth-order valence-corrected chi connectivity index (χ4v) is 20.2. The number of Topliss-reactive ketones (excluding diaryl/α,β-unsaturated/α-hetero) is 3. The number of fused-ring (bicyclic) bond motifs is 6. The summed E-state index contributed by atoms with van der Waals surface area (Å²) in [7, 11) is 6.29. The number of hydrogen-bond acceptors (Lipinski definition) is 30. The van der Waals surface area contributed by atoms with E-state index in [9.17, 15) is 57.5 Å². The van der Waals surface area contributed by atoms with Crippen LogP contribution < -0.4 is 31.9 Å². The van der Waals surface area contributed by atoms with Gasteiger partial charge in [0.05, 0.1) is 83.8 Å². The van der Waals surface area contributed by atoms with Crippen LogP contribution in [0.3, 0.4) is 0 Å². The van der Waals surface area contributed by atoms with Gasteiger partial charge in [-0.2, -0.15) is 0 Å². The molecule has 9 aliphatic heterocycles. The maximum absolute atomic E-state index is 12.8. The first-order valence-electron chi connectivity index (χ1n) is 38.8. The van der Waals surface area contributed by atoms with Gasteiger partial charge in [0, 0.05) is 136 Å². The van der Waals surface area contributed by atoms with Crippen molar-refractivity contribution in [3.8, 4) is 0 Å². The lowest BCUT2D eigenvalue weighted by molar-refractivity contribution is -0.142. The average Bonchev–Trinajstić information content (AvgIpc) is 1.64. The Morgan fingerprint density at radius 1 is 0.444 bits per heavy atom. The Labute approximate surface area is 708 Å². The normalized spacial score (nSPS) is 19.9. The molecule has 9 amide bonds. The standard InChI is InChI=1S/3C27H32N6O4S2.3H2/c2*1-16(34)15-38-22-12-24(36)33(27(22)37)14-23(35)28-13-18-4-5-20-21(11-18)29-25(32-8-6-31(3)7-9-32)19-10-17(2)39-26(19)30-20;1-16(34)15-38-22-11-24(36)33(27(22)37)14-23(35)28-12-18-13-32(9-8-31(18)3)25-19-10-17(2)39-26(19)30-21-7-5-4-6-20(21)29-25;;;/h2*4-5,10-11,22,30H,6-9,12-15H2,1-3H3,(H,28,35);4-7,10,18,22,30H,8-9,11-15H2,1-3H3,(H,28,35);3*1H. The van der Waals surface area contributed by atoms with E-state index in [1.54, 1.807) is 34.0 Å². The Kier molecular flexibility index (Phi) is 27.6. The Bertz CT molecular complexity index is 4820. The summed E-state index contributed by atoms with van der Waals surface area (Å²) in [6, 6.07) is 26.3. The zero-order valence-electron chi connectivity index (χ0n) is 66.8. The molecule has 4 atom stereocenters. The summed E-state index contributed by atoms with van der Waals surface area (Å²) in [6.07, 6.45) is 0.0512. The first-order valence-corrected chi connectivity index (χ1v) is 44.4. The predicted molar refractivity (Wildman–Crippen MR) is 469 cm³/mol. The second-order valence-corrected chi connectivity index (χ2v) is 37.6. The molecule has 0 saturated carbocycles. The number of nitrogens with zero attached hydrogens (tertiary/aromatic N) is 12. The summed E-state index contributed by atoms with van der Waals surface area (Å²) in [5.41, 5.74) is 10.3. The van der Waals surface area contributed by atoms with Crippen molar-refractivity contribution >= 4 is 206 Å². The molecule has 6 aromatic rings. The number of hydrogen-bond donors (Lipinski definition) is 6. The number of benzene rings is 3. The number of piperazine rings is 3. The van der Waals surface area contributed by atoms with Gasteiger partial charge >= 0.3 is 0 Å². The van der Waals surface area contributed by atoms with Crippen molar-refractivity contribution in [2.24, 2.45) is 15.0 Å². The van der Waals surface area contributed by atoms with Crippen molar-refractivity contribution in [3.05, 3.63) is 121 Å². The van der Waals surface area contributed by atoms with Crippen LogP contribution in [0.5, 0.6) is 0 Å². The van der Waals surface area contributed by atoms with Crippen LogP contribution in [-0.4, -0.2) is 290 Å². The lowest BCUT2D eigenvalue weighted by atomic mass is 10.1. The third kappa shape index (κ3) is 21.1. The second-order valence-electron chi connectivity index (χ2n) is 30.3. The van der Waals surface area contributed by atoms with Crippen LogP contribution in [-0.2, 0) is 70.6 Å². The van der Waals surface area contributed by atoms with Gasteiger partial charge in [-0.3, -0.25) is 77.1 Å². The lowest BCUT2D eigenvalue weighted by Crippen LogP contribution is -2.57. The highest BCUT2D eigenvalue weighted by Crippen LogP contribution is 2.44. The largest absolute Gasteiger partial charge is 0.353 e. The molecule has 4 unspecified atom stereocenters. The summed E-state index contributed by atoms with van der Waals surface area (Å²) in [6.45, 7) is 20.3. The number of imide groups is 3. The van der Waals surface area contributed by atoms with Gasteiger partial charge in [0.1, 0.15) is 69.5 Å². The van der Waals surface area contributed by atoms with E-state index in [-0.39, 0.29) is 121 Å². The Balaban J connectivity index is 0.000000187. The van der Waals surface area contributed by atoms with Crippen molar-refractivity contribution in [1.29, 1.82) is 0 Å². The molecule has 36 heteroatoms. The van der Waals surface area contributed by atoms with E-state index in [0.717, 1.165) is 210 Å². The lowest BCUT2D eigenvalue weighted by Gasteiger charge is -2.41. The topological polar surface area (TPSA) is 343 Å². The van der Waals surface area contributed by atoms with E-state index in [0.29, 0.717) is 13.1 Å². The number of amides is 9. The molecule has 0 aliphatic carbocycles. The highest BCUT2D eigenvalue weighted by atomic mass is 32.2. The number of para-hydroxylation sites is 2. The van der Waals surface area contributed by atoms with Gasteiger partial charge < -0.3 is 56.4 Å². The van der Waals surface area contributed by atoms with E-state index >= 15 is 0 Å². The van der Waals surface area contributed by atoms with E-state index < -0.39 is 45.3 Å². The Hall–Kier alpha value is -9.66. The highest BCUT2D eigenvalue weighted by Gasteiger charge is 2.43. The maximum Gasteiger partial charge on any atom is 0.243 e. The molecule has 9 aliphatic rings. The third-order valence-electron chi connectivity index (χ3n) is 20.9. The number of likely N-dealkylation sites (tertiary alicyclic amines) is 3. The summed E-state index contributed by atoms with van der Waals surface area (Å²) in [4.78, 5) is 182. The quantitative estimate of drug-likeness (QED) is 0.0370. The summed E-state index contributed by atoms with van der Waals surface area (Å²) >= 11 is 8.58. The molecule has 6 fully saturated rings. The van der Waals surface area contributed by atoms with Gasteiger partial charge in [0.25, 0.3) is 0 Å². The van der Waals surface area contributed by atoms with Gasteiger partial charge in [-0.05, 0) is 128 Å². The van der Waals surface area contributed by atoms with Crippen LogP contribution in [0.2, 0.25) is 0 Å². The van der Waals surface area contributed by atoms with Crippen LogP contribution in [0.15, 0.2) is 93.8 Å². The monoisotopic (exact) mass is 1710 g/mol. The first kappa shape index (κ1) is 85.2. The van der Waals surface area contributed by atoms with Crippen LogP contribution in [0.1, 0.15) is 86.8 Å². The van der Waals surface area contributed by atoms with Crippen LogP contribution >= 0.6 is 69.3 Å². The second kappa shape index (κ2) is 37.9. The number of carbonyl (C=O) groups excluding carboxylic acids is 12. The number of anilines is 6. The minimum absolute atomic E-state index is 0. The van der Waals surface area contributed by atoms with Crippen molar-refractivity contribution in [2.45, 2.75) is 95.7 Å². The number of nitrogens with one attached hydrogen (secondary N) is 6. The van der Waals surface area contributed by atoms with Crippen molar-refractivity contribution in [1.82, 2.24) is 60.0 Å². The molecule has 0 bridgehead atoms. The van der Waals surface area contributed by atoms with Gasteiger partial charge in [-0.15, -0.1) is 69.3 Å². The number of amidine groups is 3. The summed E-state index contributed by atoms with van der Waals surface area (Å²) in [5.74, 6) is -0.404. The van der Waals surface area contributed by atoms with Gasteiger partial charge in [0.2, 0.25) is 53.2 Å². The fourth-order valence-electron chi connectivity index (χ4n) is 14.5. The van der Waals surface area contributed by atoms with Crippen molar-refractivity contribution in [2.75, 3.05) is 153 Å². The fraction of sp³-hybridized carbons (Fsp3) is 0.444. The molecule has 6 saturated heterocycles. The Morgan fingerprint density at radius 3 is 1.19 bits per heavy atom. The molecule has 0 radical (unpaired) electrons. The number of carbonyl (C=O) groups is 12.